The molecule has 0 aromatic heterocycles. The second kappa shape index (κ2) is 5.70. The number of carbonyl (C=O) groups is 1. The topological polar surface area (TPSA) is 55.6 Å². The molecule has 2 N–H and O–H groups in total. The molecule has 2 unspecified atom stereocenters. The van der Waals surface area contributed by atoms with Crippen LogP contribution in [0.25, 0.3) is 0 Å². The van der Waals surface area contributed by atoms with Crippen LogP contribution in [0.1, 0.15) is 23.5 Å². The van der Waals surface area contributed by atoms with E-state index in [1.165, 1.54) is 0 Å². The van der Waals surface area contributed by atoms with Crippen molar-refractivity contribution in [1.82, 2.24) is 0 Å². The summed E-state index contributed by atoms with van der Waals surface area (Å²) in [7, 11) is 0. The standard InChI is InChI=1S/C19H20N2O2/c20-14-11-13-5-1-3-7-17(13)21(12-14)19(22)16-9-10-23-18-8-4-2-6-15(16)18/h1-8,14,16H,9-12,20H2. The van der Waals surface area contributed by atoms with Crippen molar-refractivity contribution in [2.75, 3.05) is 18.1 Å². The number of hydrogen-bond donors (Lipinski definition) is 1. The third-order valence-electron chi connectivity index (χ3n) is 4.70. The smallest absolute Gasteiger partial charge is 0.234 e. The highest BCUT2D eigenvalue weighted by molar-refractivity contribution is 5.99. The zero-order chi connectivity index (χ0) is 15.8. The summed E-state index contributed by atoms with van der Waals surface area (Å²) in [6.07, 6.45) is 1.54. The lowest BCUT2D eigenvalue weighted by Gasteiger charge is -2.36. The number of nitrogens with zero attached hydrogens (tertiary/aromatic N) is 1. The molecule has 0 bridgehead atoms. The Morgan fingerprint density at radius 1 is 1.13 bits per heavy atom. The summed E-state index contributed by atoms with van der Waals surface area (Å²) in [6, 6.07) is 15.9. The molecule has 23 heavy (non-hydrogen) atoms. The quantitative estimate of drug-likeness (QED) is 0.880. The fraction of sp³-hybridized carbons (Fsp3) is 0.316. The van der Waals surface area contributed by atoms with Gasteiger partial charge in [-0.1, -0.05) is 36.4 Å². The van der Waals surface area contributed by atoms with Crippen molar-refractivity contribution in [1.29, 1.82) is 0 Å². The molecule has 0 spiro atoms. The maximum absolute atomic E-state index is 13.2. The maximum Gasteiger partial charge on any atom is 0.234 e. The highest BCUT2D eigenvalue weighted by Crippen LogP contribution is 2.37. The van der Waals surface area contributed by atoms with E-state index in [0.29, 0.717) is 19.6 Å². The number of nitrogens with two attached hydrogens (primary N) is 1. The van der Waals surface area contributed by atoms with Crippen molar-refractivity contribution in [3.05, 3.63) is 59.7 Å². The second-order valence-corrected chi connectivity index (χ2v) is 6.27. The fourth-order valence-electron chi connectivity index (χ4n) is 3.62. The van der Waals surface area contributed by atoms with E-state index in [9.17, 15) is 4.79 Å². The lowest BCUT2D eigenvalue weighted by Crippen LogP contribution is -2.48. The number of rotatable bonds is 1. The molecule has 0 fully saturated rings. The molecule has 2 aromatic carbocycles. The van der Waals surface area contributed by atoms with Gasteiger partial charge in [0.25, 0.3) is 0 Å². The average Bonchev–Trinajstić information content (AvgIpc) is 2.60. The number of benzene rings is 2. The van der Waals surface area contributed by atoms with Gasteiger partial charge in [-0.2, -0.15) is 0 Å². The van der Waals surface area contributed by atoms with Crippen LogP contribution in [0.3, 0.4) is 0 Å². The molecule has 0 saturated carbocycles. The summed E-state index contributed by atoms with van der Waals surface area (Å²) in [5.74, 6) is 0.799. The fourth-order valence-corrected chi connectivity index (χ4v) is 3.62. The zero-order valence-electron chi connectivity index (χ0n) is 12.9. The molecule has 4 heteroatoms. The predicted molar refractivity (Wildman–Crippen MR) is 89.8 cm³/mol. The van der Waals surface area contributed by atoms with Crippen molar-refractivity contribution in [3.63, 3.8) is 0 Å². The Labute approximate surface area is 135 Å². The van der Waals surface area contributed by atoms with Gasteiger partial charge in [0.15, 0.2) is 0 Å². The first-order valence-corrected chi connectivity index (χ1v) is 8.10. The maximum atomic E-state index is 13.2. The Hall–Kier alpha value is -2.33. The molecule has 4 nitrogen and oxygen atoms in total. The summed E-state index contributed by atoms with van der Waals surface area (Å²) >= 11 is 0. The highest BCUT2D eigenvalue weighted by atomic mass is 16.5. The Balaban J connectivity index is 1.71. The normalized spacial score (nSPS) is 22.7. The minimum atomic E-state index is -0.154. The molecule has 2 aliphatic heterocycles. The number of hydrogen-bond acceptors (Lipinski definition) is 3. The number of para-hydroxylation sites is 2. The van der Waals surface area contributed by atoms with E-state index >= 15 is 0 Å². The monoisotopic (exact) mass is 308 g/mol. The van der Waals surface area contributed by atoms with Gasteiger partial charge in [-0.25, -0.2) is 0 Å². The minimum absolute atomic E-state index is 0.0102. The van der Waals surface area contributed by atoms with E-state index in [1.54, 1.807) is 0 Å². The highest BCUT2D eigenvalue weighted by Gasteiger charge is 2.34. The number of anilines is 1. The van der Waals surface area contributed by atoms with E-state index in [4.69, 9.17) is 10.5 Å². The van der Waals surface area contributed by atoms with Crippen molar-refractivity contribution < 1.29 is 9.53 Å². The summed E-state index contributed by atoms with van der Waals surface area (Å²) in [4.78, 5) is 15.1. The third kappa shape index (κ3) is 2.49. The molecule has 2 heterocycles. The van der Waals surface area contributed by atoms with Crippen LogP contribution in [-0.2, 0) is 11.2 Å². The molecule has 0 aliphatic carbocycles. The van der Waals surface area contributed by atoms with Crippen LogP contribution in [0.2, 0.25) is 0 Å². The molecule has 2 aliphatic rings. The average molecular weight is 308 g/mol. The first-order chi connectivity index (χ1) is 11.2. The Morgan fingerprint density at radius 2 is 1.91 bits per heavy atom. The van der Waals surface area contributed by atoms with Crippen molar-refractivity contribution in [3.8, 4) is 5.75 Å². The lowest BCUT2D eigenvalue weighted by molar-refractivity contribution is -0.120. The van der Waals surface area contributed by atoms with Gasteiger partial charge in [-0.05, 0) is 30.5 Å². The van der Waals surface area contributed by atoms with E-state index in [-0.39, 0.29) is 17.9 Å². The van der Waals surface area contributed by atoms with E-state index in [0.717, 1.165) is 29.0 Å². The van der Waals surface area contributed by atoms with Gasteiger partial charge in [-0.3, -0.25) is 4.79 Å². The molecule has 2 atom stereocenters. The van der Waals surface area contributed by atoms with Crippen LogP contribution in [0, 0.1) is 0 Å². The molecular formula is C19H20N2O2. The molecule has 2 aromatic rings. The van der Waals surface area contributed by atoms with Crippen LogP contribution in [0.4, 0.5) is 5.69 Å². The van der Waals surface area contributed by atoms with Crippen LogP contribution in [0.5, 0.6) is 5.75 Å². The van der Waals surface area contributed by atoms with Crippen LogP contribution in [-0.4, -0.2) is 25.1 Å². The molecular weight excluding hydrogens is 288 g/mol. The number of ether oxygens (including phenoxy) is 1. The Bertz CT molecular complexity index is 744. The molecule has 118 valence electrons. The largest absolute Gasteiger partial charge is 0.493 e. The third-order valence-corrected chi connectivity index (χ3v) is 4.70. The first kappa shape index (κ1) is 14.3. The second-order valence-electron chi connectivity index (χ2n) is 6.27. The van der Waals surface area contributed by atoms with Crippen LogP contribution >= 0.6 is 0 Å². The van der Waals surface area contributed by atoms with Gasteiger partial charge in [0.05, 0.1) is 12.5 Å². The van der Waals surface area contributed by atoms with Crippen molar-refractivity contribution >= 4 is 11.6 Å². The molecule has 0 saturated heterocycles. The Morgan fingerprint density at radius 3 is 2.83 bits per heavy atom. The van der Waals surface area contributed by atoms with Gasteiger partial charge in [0, 0.05) is 23.8 Å². The summed E-state index contributed by atoms with van der Waals surface area (Å²) in [5, 5.41) is 0. The predicted octanol–water partition coefficient (Wildman–Crippen LogP) is 2.47. The Kier molecular flexibility index (Phi) is 3.54. The van der Waals surface area contributed by atoms with Gasteiger partial charge in [0.2, 0.25) is 5.91 Å². The van der Waals surface area contributed by atoms with Gasteiger partial charge >= 0.3 is 0 Å². The van der Waals surface area contributed by atoms with Gasteiger partial charge in [0.1, 0.15) is 5.75 Å². The summed E-state index contributed by atoms with van der Waals surface area (Å²) in [5.41, 5.74) is 9.33. The van der Waals surface area contributed by atoms with Crippen molar-refractivity contribution in [2.24, 2.45) is 5.73 Å². The van der Waals surface area contributed by atoms with Gasteiger partial charge in [-0.15, -0.1) is 0 Å². The molecule has 4 rings (SSSR count). The first-order valence-electron chi connectivity index (χ1n) is 8.10. The SMILES string of the molecule is NC1Cc2ccccc2N(C(=O)C2CCOc3ccccc32)C1. The summed E-state index contributed by atoms with van der Waals surface area (Å²) in [6.45, 7) is 1.16. The molecule has 1 amide bonds. The number of fused-ring (bicyclic) bond motifs is 2. The lowest BCUT2D eigenvalue weighted by atomic mass is 9.90. The van der Waals surface area contributed by atoms with Crippen LogP contribution in [0.15, 0.2) is 48.5 Å². The van der Waals surface area contributed by atoms with E-state index < -0.39 is 0 Å². The number of carbonyl (C=O) groups excluding carboxylic acids is 1. The van der Waals surface area contributed by atoms with E-state index in [1.807, 2.05) is 47.4 Å². The molecule has 0 radical (unpaired) electrons. The minimum Gasteiger partial charge on any atom is -0.493 e. The van der Waals surface area contributed by atoms with Crippen molar-refractivity contribution in [2.45, 2.75) is 24.8 Å². The number of amides is 1. The van der Waals surface area contributed by atoms with Crippen LogP contribution < -0.4 is 15.4 Å². The summed E-state index contributed by atoms with van der Waals surface area (Å²) < 4.78 is 5.69. The van der Waals surface area contributed by atoms with Gasteiger partial charge < -0.3 is 15.4 Å². The zero-order valence-corrected chi connectivity index (χ0v) is 12.9. The van der Waals surface area contributed by atoms with E-state index in [2.05, 4.69) is 6.07 Å².